The van der Waals surface area contributed by atoms with Gasteiger partial charge < -0.3 is 64.3 Å². The lowest BCUT2D eigenvalue weighted by Crippen LogP contribution is -2.61. The van der Waals surface area contributed by atoms with Crippen molar-refractivity contribution >= 4 is 102 Å². The summed E-state index contributed by atoms with van der Waals surface area (Å²) in [5, 5.41) is 35.6. The van der Waals surface area contributed by atoms with Gasteiger partial charge in [0, 0.05) is 50.4 Å². The number of amides is 9. The molecule has 0 spiro atoms. The van der Waals surface area contributed by atoms with Crippen LogP contribution >= 0.6 is 21.6 Å². The second-order valence-electron chi connectivity index (χ2n) is 19.4. The van der Waals surface area contributed by atoms with Crippen LogP contribution in [0.5, 0.6) is 0 Å². The first-order valence-corrected chi connectivity index (χ1v) is 28.8. The van der Waals surface area contributed by atoms with E-state index in [0.717, 1.165) is 43.1 Å². The average molecular weight is 1140 g/mol. The Balaban J connectivity index is 1.41. The molecule has 0 saturated carbocycles. The normalized spacial score (nSPS) is 21.6. The number of aromatic nitrogens is 2. The molecule has 80 heavy (non-hydrogen) atoms. The highest BCUT2D eigenvalue weighted by Crippen LogP contribution is 2.25. The third-order valence-electron chi connectivity index (χ3n) is 13.2. The van der Waals surface area contributed by atoms with Crippen molar-refractivity contribution in [3.63, 3.8) is 0 Å². The summed E-state index contributed by atoms with van der Waals surface area (Å²) >= 11 is 0. The van der Waals surface area contributed by atoms with Crippen molar-refractivity contribution in [3.05, 3.63) is 114 Å². The van der Waals surface area contributed by atoms with E-state index in [-0.39, 0.29) is 62.5 Å². The Labute approximate surface area is 470 Å². The number of nitrogens with zero attached hydrogens (tertiary/aromatic N) is 1. The molecule has 1 aliphatic rings. The second-order valence-corrected chi connectivity index (χ2v) is 22.0. The van der Waals surface area contributed by atoms with Crippen molar-refractivity contribution in [3.8, 4) is 0 Å². The van der Waals surface area contributed by atoms with Gasteiger partial charge in [-0.1, -0.05) is 126 Å². The molecule has 9 amide bonds. The number of carbonyl (C=O) groups is 9. The summed E-state index contributed by atoms with van der Waals surface area (Å²) in [7, 11) is 2.09. The van der Waals surface area contributed by atoms with E-state index in [9.17, 15) is 43.2 Å². The van der Waals surface area contributed by atoms with E-state index >= 15 is 0 Å². The fourth-order valence-corrected chi connectivity index (χ4v) is 11.2. The van der Waals surface area contributed by atoms with Crippen molar-refractivity contribution in [2.75, 3.05) is 18.1 Å². The lowest BCUT2D eigenvalue weighted by Gasteiger charge is -2.28. The molecule has 1 fully saturated rings. The van der Waals surface area contributed by atoms with Gasteiger partial charge in [-0.25, -0.2) is 4.98 Å². The number of guanidine groups is 1. The molecule has 1 aliphatic heterocycles. The molecule has 15 N–H and O–H groups in total. The Morgan fingerprint density at radius 2 is 1.32 bits per heavy atom. The molecule has 0 bridgehead atoms. The number of nitrogens with one attached hydrogen (secondary N) is 11. The number of unbranched alkanes of at least 4 members (excludes halogenated alkanes) is 1. The lowest BCUT2D eigenvalue weighted by atomic mass is 9.97. The summed E-state index contributed by atoms with van der Waals surface area (Å²) in [6.45, 7) is 4.68. The minimum Gasteiger partial charge on any atom is -0.370 e. The molecule has 25 heteroatoms. The predicted octanol–water partition coefficient (Wildman–Crippen LogP) is 0.996. The molecule has 2 heterocycles. The van der Waals surface area contributed by atoms with Crippen LogP contribution < -0.4 is 59.3 Å². The van der Waals surface area contributed by atoms with Crippen molar-refractivity contribution in [2.45, 2.75) is 120 Å². The number of benzene rings is 4. The SMILES string of the molecule is CCCC[C@H](NC(C)=O)C(=O)N[C@H]1CSSC[C@@H](C(N)=O)NC(=O)[C@H](Cc2cccc3ccccc23)NC(=O)[C@H](CCCNC(=N)N)NC(=O)[C@@H](Cc2ccc3ccccc3c2)NC(=O)[C@H](Cc2c[nH]cn2)NC(=O)[C@@H](C)NC1=O. The van der Waals surface area contributed by atoms with E-state index in [0.29, 0.717) is 29.7 Å². The molecule has 0 aliphatic carbocycles. The first kappa shape index (κ1) is 61.0. The van der Waals surface area contributed by atoms with Crippen LogP contribution in [0.3, 0.4) is 0 Å². The molecule has 4 aromatic carbocycles. The molecule has 8 atom stereocenters. The summed E-state index contributed by atoms with van der Waals surface area (Å²) in [4.78, 5) is 134. The van der Waals surface area contributed by atoms with Crippen molar-refractivity contribution in [2.24, 2.45) is 11.5 Å². The van der Waals surface area contributed by atoms with Crippen LogP contribution in [0.25, 0.3) is 21.5 Å². The number of aromatic amines is 1. The molecule has 426 valence electrons. The molecule has 5 aromatic rings. The number of fused-ring (bicyclic) bond motifs is 2. The smallest absolute Gasteiger partial charge is 0.244 e. The lowest BCUT2D eigenvalue weighted by molar-refractivity contribution is -0.135. The predicted molar refractivity (Wildman–Crippen MR) is 307 cm³/mol. The maximum atomic E-state index is 14.9. The minimum absolute atomic E-state index is 0.0512. The van der Waals surface area contributed by atoms with E-state index in [4.69, 9.17) is 16.9 Å². The summed E-state index contributed by atoms with van der Waals surface area (Å²) in [5.74, 6) is -7.51. The zero-order chi connectivity index (χ0) is 57.7. The number of hydrogen-bond acceptors (Lipinski definition) is 13. The highest BCUT2D eigenvalue weighted by molar-refractivity contribution is 8.76. The summed E-state index contributed by atoms with van der Waals surface area (Å²) in [5.41, 5.74) is 13.1. The van der Waals surface area contributed by atoms with Gasteiger partial charge in [-0.05, 0) is 58.9 Å². The van der Waals surface area contributed by atoms with Gasteiger partial charge in [0.2, 0.25) is 53.2 Å². The number of H-pyrrole nitrogens is 1. The van der Waals surface area contributed by atoms with Gasteiger partial charge in [-0.15, -0.1) is 0 Å². The van der Waals surface area contributed by atoms with E-state index in [1.165, 1.54) is 26.4 Å². The molecule has 1 aromatic heterocycles. The van der Waals surface area contributed by atoms with Crippen molar-refractivity contribution in [1.29, 1.82) is 5.41 Å². The van der Waals surface area contributed by atoms with Gasteiger partial charge in [-0.2, -0.15) is 0 Å². The third kappa shape index (κ3) is 18.5. The van der Waals surface area contributed by atoms with Gasteiger partial charge >= 0.3 is 0 Å². The Kier molecular flexibility index (Phi) is 23.1. The van der Waals surface area contributed by atoms with Crippen LogP contribution in [0.15, 0.2) is 97.5 Å². The Bertz CT molecular complexity index is 3010. The third-order valence-corrected chi connectivity index (χ3v) is 15.6. The molecular formula is C55H70N14O9S2. The fraction of sp³-hybridized carbons (Fsp3) is 0.400. The topological polar surface area (TPSA) is 366 Å². The minimum atomic E-state index is -1.41. The summed E-state index contributed by atoms with van der Waals surface area (Å²) < 4.78 is 0. The largest absolute Gasteiger partial charge is 0.370 e. The van der Waals surface area contributed by atoms with Gasteiger partial charge in [0.1, 0.15) is 48.3 Å². The average Bonchev–Trinajstić information content (AvgIpc) is 3.95. The zero-order valence-corrected chi connectivity index (χ0v) is 46.4. The molecular weight excluding hydrogens is 1060 g/mol. The molecule has 0 unspecified atom stereocenters. The highest BCUT2D eigenvalue weighted by atomic mass is 33.1. The summed E-state index contributed by atoms with van der Waals surface area (Å²) in [6, 6.07) is 15.5. The van der Waals surface area contributed by atoms with Crippen LogP contribution in [0.4, 0.5) is 0 Å². The number of rotatable bonds is 17. The van der Waals surface area contributed by atoms with Gasteiger partial charge in [0.05, 0.1) is 12.0 Å². The van der Waals surface area contributed by atoms with E-state index in [2.05, 4.69) is 57.8 Å². The number of hydrogen-bond donors (Lipinski definition) is 13. The van der Waals surface area contributed by atoms with Crippen LogP contribution in [0.1, 0.15) is 69.7 Å². The molecule has 1 saturated heterocycles. The first-order chi connectivity index (χ1) is 38.4. The molecule has 6 rings (SSSR count). The maximum Gasteiger partial charge on any atom is 0.244 e. The first-order valence-electron chi connectivity index (χ1n) is 26.3. The van der Waals surface area contributed by atoms with Crippen LogP contribution in [0.2, 0.25) is 0 Å². The number of nitrogens with two attached hydrogens (primary N) is 2. The van der Waals surface area contributed by atoms with E-state index in [1.54, 1.807) is 18.2 Å². The number of carbonyl (C=O) groups excluding carboxylic acids is 9. The Morgan fingerprint density at radius 3 is 2.01 bits per heavy atom. The standard InChI is InChI=1S/C55H70N14O9S2/c1-4-5-18-40(63-32(3)70)49(73)69-46-29-80-79-28-45(47(56)71)68-52(76)43(25-37-16-10-15-35-13-8-9-17-39(35)37)67-50(74)41(19-11-22-60-55(57)58)64-51(75)42(24-33-20-21-34-12-6-7-14-36(34)23-33)66-53(77)44(26-38-27-59-30-61-38)65-48(72)31(2)62-54(46)78/h6-10,12-17,20-21,23,27,30-31,40-46H,4-5,11,18-19,22,24-26,28-29H2,1-3H3,(H2,56,71)(H,59,61)(H,62,78)(H,63,70)(H,64,75)(H,65,72)(H,66,77)(H,67,74)(H,68,76)(H,69,73)(H4,57,58,60)/t31-,40+,41+,42-,43+,44+,45+,46+/m1/s1. The van der Waals surface area contributed by atoms with Gasteiger partial charge in [0.15, 0.2) is 5.96 Å². The Hall–Kier alpha value is -8.19. The van der Waals surface area contributed by atoms with Crippen LogP contribution in [-0.4, -0.2) is 135 Å². The van der Waals surface area contributed by atoms with E-state index < -0.39 is 101 Å². The molecule has 0 radical (unpaired) electrons. The van der Waals surface area contributed by atoms with Gasteiger partial charge in [0.25, 0.3) is 0 Å². The van der Waals surface area contributed by atoms with Crippen LogP contribution in [0, 0.1) is 5.41 Å². The zero-order valence-electron chi connectivity index (χ0n) is 44.7. The maximum absolute atomic E-state index is 14.9. The Morgan fingerprint density at radius 1 is 0.700 bits per heavy atom. The monoisotopic (exact) mass is 1130 g/mol. The highest BCUT2D eigenvalue weighted by Gasteiger charge is 2.35. The van der Waals surface area contributed by atoms with Crippen molar-refractivity contribution in [1.82, 2.24) is 57.8 Å². The van der Waals surface area contributed by atoms with Gasteiger partial charge in [-0.3, -0.25) is 48.6 Å². The summed E-state index contributed by atoms with van der Waals surface area (Å²) in [6.07, 6.45) is 4.22. The van der Waals surface area contributed by atoms with Crippen molar-refractivity contribution < 1.29 is 43.2 Å². The quantitative estimate of drug-likeness (QED) is 0.0268. The number of imidazole rings is 1. The molecule has 23 nitrogen and oxygen atoms in total. The van der Waals surface area contributed by atoms with Crippen LogP contribution in [-0.2, 0) is 62.4 Å². The number of primary amides is 1. The second kappa shape index (κ2) is 30.2. The fourth-order valence-electron chi connectivity index (χ4n) is 8.90. The van der Waals surface area contributed by atoms with E-state index in [1.807, 2.05) is 73.7 Å².